The molecular formula is C20H22BrNO3. The van der Waals surface area contributed by atoms with E-state index in [2.05, 4.69) is 58.5 Å². The minimum atomic E-state index is 0.146. The molecule has 5 heteroatoms. The number of nitrogens with one attached hydrogen (secondary N) is 1. The van der Waals surface area contributed by atoms with Gasteiger partial charge < -0.3 is 19.5 Å². The monoisotopic (exact) mass is 403 g/mol. The molecular weight excluding hydrogens is 382 g/mol. The van der Waals surface area contributed by atoms with Crippen molar-refractivity contribution < 1.29 is 14.2 Å². The van der Waals surface area contributed by atoms with E-state index in [4.69, 9.17) is 14.2 Å². The van der Waals surface area contributed by atoms with Gasteiger partial charge in [-0.2, -0.15) is 0 Å². The summed E-state index contributed by atoms with van der Waals surface area (Å²) in [7, 11) is 3.32. The van der Waals surface area contributed by atoms with Crippen molar-refractivity contribution in [1.29, 1.82) is 0 Å². The number of fused-ring (bicyclic) bond motifs is 3. The van der Waals surface area contributed by atoms with Gasteiger partial charge in [-0.15, -0.1) is 0 Å². The molecule has 0 aliphatic carbocycles. The highest BCUT2D eigenvalue weighted by molar-refractivity contribution is 9.10. The Morgan fingerprint density at radius 3 is 2.76 bits per heavy atom. The largest absolute Gasteiger partial charge is 0.493 e. The molecule has 2 heterocycles. The van der Waals surface area contributed by atoms with Gasteiger partial charge in [0.15, 0.2) is 11.5 Å². The van der Waals surface area contributed by atoms with E-state index in [1.807, 2.05) is 0 Å². The molecule has 2 aliphatic heterocycles. The summed E-state index contributed by atoms with van der Waals surface area (Å²) in [6, 6.07) is 10.9. The molecule has 1 fully saturated rings. The van der Waals surface area contributed by atoms with Crippen molar-refractivity contribution in [3.05, 3.63) is 51.5 Å². The molecule has 0 bridgehead atoms. The van der Waals surface area contributed by atoms with E-state index in [-0.39, 0.29) is 12.1 Å². The molecule has 4 rings (SSSR count). The van der Waals surface area contributed by atoms with Gasteiger partial charge in [-0.25, -0.2) is 0 Å². The number of hydrogen-bond acceptors (Lipinski definition) is 4. The Labute approximate surface area is 156 Å². The van der Waals surface area contributed by atoms with Gasteiger partial charge in [0.25, 0.3) is 0 Å². The molecule has 3 atom stereocenters. The first-order chi connectivity index (χ1) is 12.1. The maximum atomic E-state index is 6.11. The van der Waals surface area contributed by atoms with Gasteiger partial charge in [0.2, 0.25) is 0 Å². The van der Waals surface area contributed by atoms with Crippen LogP contribution in [-0.2, 0) is 4.74 Å². The molecule has 0 aromatic heterocycles. The summed E-state index contributed by atoms with van der Waals surface area (Å²) in [5.74, 6) is 1.86. The van der Waals surface area contributed by atoms with Crippen molar-refractivity contribution in [3.8, 4) is 11.5 Å². The van der Waals surface area contributed by atoms with E-state index in [0.717, 1.165) is 34.7 Å². The molecule has 4 nitrogen and oxygen atoms in total. The van der Waals surface area contributed by atoms with Crippen molar-refractivity contribution in [2.24, 2.45) is 5.92 Å². The molecule has 0 saturated carbocycles. The van der Waals surface area contributed by atoms with Gasteiger partial charge in [-0.05, 0) is 53.0 Å². The summed E-state index contributed by atoms with van der Waals surface area (Å²) in [5.41, 5.74) is 4.88. The van der Waals surface area contributed by atoms with Gasteiger partial charge in [-0.3, -0.25) is 0 Å². The summed E-state index contributed by atoms with van der Waals surface area (Å²) in [6.45, 7) is 2.93. The SMILES string of the molecule is COc1cc(C2Nc3ccc(C)cc3C3OCCC23)cc(Br)c1OC. The summed E-state index contributed by atoms with van der Waals surface area (Å²) >= 11 is 3.62. The Balaban J connectivity index is 1.78. The van der Waals surface area contributed by atoms with Crippen LogP contribution in [0.3, 0.4) is 0 Å². The predicted molar refractivity (Wildman–Crippen MR) is 102 cm³/mol. The van der Waals surface area contributed by atoms with E-state index >= 15 is 0 Å². The zero-order valence-electron chi connectivity index (χ0n) is 14.6. The van der Waals surface area contributed by atoms with E-state index in [1.165, 1.54) is 16.7 Å². The van der Waals surface area contributed by atoms with Crippen LogP contribution >= 0.6 is 15.9 Å². The van der Waals surface area contributed by atoms with Crippen LogP contribution in [0.1, 0.15) is 35.3 Å². The maximum Gasteiger partial charge on any atom is 0.174 e. The van der Waals surface area contributed by atoms with Crippen molar-refractivity contribution in [3.63, 3.8) is 0 Å². The van der Waals surface area contributed by atoms with Crippen LogP contribution in [0.15, 0.2) is 34.8 Å². The Hall–Kier alpha value is -1.72. The summed E-state index contributed by atoms with van der Waals surface area (Å²) in [4.78, 5) is 0. The van der Waals surface area contributed by atoms with Crippen molar-refractivity contribution >= 4 is 21.6 Å². The lowest BCUT2D eigenvalue weighted by Gasteiger charge is -2.37. The van der Waals surface area contributed by atoms with Crippen LogP contribution in [0.5, 0.6) is 11.5 Å². The lowest BCUT2D eigenvalue weighted by Crippen LogP contribution is -2.29. The van der Waals surface area contributed by atoms with E-state index in [1.54, 1.807) is 14.2 Å². The first kappa shape index (κ1) is 16.7. The van der Waals surface area contributed by atoms with Crippen LogP contribution in [0.25, 0.3) is 0 Å². The minimum Gasteiger partial charge on any atom is -0.493 e. The summed E-state index contributed by atoms with van der Waals surface area (Å²) < 4.78 is 18.0. The Morgan fingerprint density at radius 1 is 1.16 bits per heavy atom. The number of hydrogen-bond donors (Lipinski definition) is 1. The summed E-state index contributed by atoms with van der Waals surface area (Å²) in [6.07, 6.45) is 1.19. The Kier molecular flexibility index (Phi) is 4.38. The van der Waals surface area contributed by atoms with Gasteiger partial charge in [0.05, 0.1) is 30.8 Å². The van der Waals surface area contributed by atoms with Crippen molar-refractivity contribution in [1.82, 2.24) is 0 Å². The Bertz CT molecular complexity index is 808. The minimum absolute atomic E-state index is 0.146. The standard InChI is InChI=1S/C20H22BrNO3/c1-11-4-5-16-14(8-11)19-13(6-7-25-19)18(22-16)12-9-15(21)20(24-3)17(10-12)23-2/h4-5,8-10,13,18-19,22H,6-7H2,1-3H3. The molecule has 0 radical (unpaired) electrons. The number of anilines is 1. The molecule has 1 N–H and O–H groups in total. The van der Waals surface area contributed by atoms with Crippen molar-refractivity contribution in [2.75, 3.05) is 26.1 Å². The molecule has 25 heavy (non-hydrogen) atoms. The third kappa shape index (κ3) is 2.79. The van der Waals surface area contributed by atoms with Crippen molar-refractivity contribution in [2.45, 2.75) is 25.5 Å². The quantitative estimate of drug-likeness (QED) is 0.780. The van der Waals surface area contributed by atoms with Gasteiger partial charge in [-0.1, -0.05) is 17.7 Å². The first-order valence-corrected chi connectivity index (χ1v) is 9.31. The van der Waals surface area contributed by atoms with Crippen LogP contribution in [0.4, 0.5) is 5.69 Å². The number of ether oxygens (including phenoxy) is 3. The smallest absolute Gasteiger partial charge is 0.174 e. The van der Waals surface area contributed by atoms with Crippen LogP contribution in [0, 0.1) is 12.8 Å². The third-order valence-electron chi connectivity index (χ3n) is 5.21. The molecule has 0 amide bonds. The lowest BCUT2D eigenvalue weighted by molar-refractivity contribution is 0.0828. The second-order valence-electron chi connectivity index (χ2n) is 6.69. The molecule has 2 aliphatic rings. The van der Waals surface area contributed by atoms with E-state index < -0.39 is 0 Å². The highest BCUT2D eigenvalue weighted by Gasteiger charge is 2.41. The molecule has 2 aromatic carbocycles. The second kappa shape index (κ2) is 6.54. The molecule has 0 spiro atoms. The number of halogens is 1. The topological polar surface area (TPSA) is 39.7 Å². The summed E-state index contributed by atoms with van der Waals surface area (Å²) in [5, 5.41) is 3.73. The second-order valence-corrected chi connectivity index (χ2v) is 7.55. The van der Waals surface area contributed by atoms with Crippen LogP contribution < -0.4 is 14.8 Å². The number of aryl methyl sites for hydroxylation is 1. The molecule has 132 valence electrons. The van der Waals surface area contributed by atoms with Gasteiger partial charge >= 0.3 is 0 Å². The zero-order chi connectivity index (χ0) is 17.6. The number of benzene rings is 2. The van der Waals surface area contributed by atoms with Crippen LogP contribution in [-0.4, -0.2) is 20.8 Å². The fourth-order valence-electron chi connectivity index (χ4n) is 4.04. The molecule has 2 aromatic rings. The predicted octanol–water partition coefficient (Wildman–Crippen LogP) is 5.02. The van der Waals surface area contributed by atoms with E-state index in [0.29, 0.717) is 5.92 Å². The average Bonchev–Trinajstić information content (AvgIpc) is 3.10. The fourth-order valence-corrected chi connectivity index (χ4v) is 4.66. The normalized spacial score (nSPS) is 24.2. The number of rotatable bonds is 3. The first-order valence-electron chi connectivity index (χ1n) is 8.52. The van der Waals surface area contributed by atoms with E-state index in [9.17, 15) is 0 Å². The zero-order valence-corrected chi connectivity index (χ0v) is 16.2. The van der Waals surface area contributed by atoms with Gasteiger partial charge in [0.1, 0.15) is 0 Å². The van der Waals surface area contributed by atoms with Gasteiger partial charge in [0, 0.05) is 23.8 Å². The highest BCUT2D eigenvalue weighted by Crippen LogP contribution is 2.51. The fraction of sp³-hybridized carbons (Fsp3) is 0.400. The maximum absolute atomic E-state index is 6.11. The Morgan fingerprint density at radius 2 is 2.00 bits per heavy atom. The average molecular weight is 404 g/mol. The highest BCUT2D eigenvalue weighted by atomic mass is 79.9. The molecule has 3 unspecified atom stereocenters. The third-order valence-corrected chi connectivity index (χ3v) is 5.79. The lowest BCUT2D eigenvalue weighted by atomic mass is 9.80. The molecule has 1 saturated heterocycles. The number of methoxy groups -OCH3 is 2. The van der Waals surface area contributed by atoms with Crippen LogP contribution in [0.2, 0.25) is 0 Å².